The van der Waals surface area contributed by atoms with Gasteiger partial charge < -0.3 is 20.5 Å². The van der Waals surface area contributed by atoms with Crippen LogP contribution in [0.15, 0.2) is 37.6 Å². The van der Waals surface area contributed by atoms with Crippen molar-refractivity contribution in [3.8, 4) is 0 Å². The highest BCUT2D eigenvalue weighted by molar-refractivity contribution is 5.82. The number of carbonyl (C=O) groups excluding carboxylic acids is 1. The van der Waals surface area contributed by atoms with Crippen LogP contribution < -0.4 is 11.1 Å². The molecule has 5 nitrogen and oxygen atoms in total. The van der Waals surface area contributed by atoms with E-state index in [0.29, 0.717) is 25.3 Å². The number of nitrogens with one attached hydrogen (secondary N) is 1. The van der Waals surface area contributed by atoms with E-state index in [1.165, 1.54) is 0 Å². The fraction of sp³-hybridized carbons (Fsp3) is 0.708. The van der Waals surface area contributed by atoms with E-state index in [1.807, 2.05) is 69.2 Å². The van der Waals surface area contributed by atoms with Crippen molar-refractivity contribution < 1.29 is 14.3 Å². The molecule has 1 atom stereocenters. The second-order valence-electron chi connectivity index (χ2n) is 8.32. The number of rotatable bonds is 11. The molecule has 0 radical (unpaired) electrons. The fourth-order valence-corrected chi connectivity index (χ4v) is 1.80. The number of hydrogen-bond acceptors (Lipinski definition) is 4. The largest absolute Gasteiger partial charge is 0.486 e. The van der Waals surface area contributed by atoms with Gasteiger partial charge in [-0.1, -0.05) is 46.9 Å². The van der Waals surface area contributed by atoms with Gasteiger partial charge in [0.1, 0.15) is 11.4 Å². The number of amides is 1. The number of hydrogen-bond donors (Lipinski definition) is 2. The van der Waals surface area contributed by atoms with Gasteiger partial charge in [-0.05, 0) is 54.0 Å². The van der Waals surface area contributed by atoms with Crippen molar-refractivity contribution in [2.24, 2.45) is 11.1 Å². The van der Waals surface area contributed by atoms with Crippen molar-refractivity contribution in [3.05, 3.63) is 37.6 Å². The summed E-state index contributed by atoms with van der Waals surface area (Å²) in [6.45, 7) is 31.1. The zero-order valence-electron chi connectivity index (χ0n) is 20.8. The average molecular weight is 413 g/mol. The molecule has 0 saturated heterocycles. The third-order valence-corrected chi connectivity index (χ3v) is 4.62. The van der Waals surface area contributed by atoms with Crippen molar-refractivity contribution in [1.82, 2.24) is 5.32 Å². The summed E-state index contributed by atoms with van der Waals surface area (Å²) in [6, 6.07) is 0. The Morgan fingerprint density at radius 1 is 1.14 bits per heavy atom. The number of carbonyl (C=O) groups is 1. The SMILES string of the molecule is C=CC.C=CC(=C)OC(C)(C)C(C)(C)NC(=O)C(C)(C)CCOC(C)CN.CC. The maximum Gasteiger partial charge on any atom is 0.226 e. The van der Waals surface area contributed by atoms with E-state index in [9.17, 15) is 4.79 Å². The summed E-state index contributed by atoms with van der Waals surface area (Å²) in [5.74, 6) is 0.433. The second kappa shape index (κ2) is 15.3. The molecule has 0 bridgehead atoms. The Balaban J connectivity index is -0.00000123. The van der Waals surface area contributed by atoms with E-state index in [0.717, 1.165) is 0 Å². The van der Waals surface area contributed by atoms with E-state index >= 15 is 0 Å². The Morgan fingerprint density at radius 2 is 1.59 bits per heavy atom. The monoisotopic (exact) mass is 412 g/mol. The summed E-state index contributed by atoms with van der Waals surface area (Å²) in [7, 11) is 0. The van der Waals surface area contributed by atoms with Crippen LogP contribution in [-0.4, -0.2) is 36.3 Å². The van der Waals surface area contributed by atoms with Crippen molar-refractivity contribution >= 4 is 5.91 Å². The standard InChI is InChI=1S/C19H36N2O3.C3H6.C2H6/c1-10-14(2)24-19(8,9)18(6,7)21-16(22)17(4,5)11-12-23-15(3)13-20;1-3-2;1-2/h10,15H,1-2,11-13,20H2,3-9H3,(H,21,22);3H,1H2,2H3;1-2H3. The van der Waals surface area contributed by atoms with Gasteiger partial charge in [-0.25, -0.2) is 0 Å². The van der Waals surface area contributed by atoms with Gasteiger partial charge in [0.15, 0.2) is 0 Å². The van der Waals surface area contributed by atoms with Crippen LogP contribution in [-0.2, 0) is 14.3 Å². The molecule has 0 rings (SSSR count). The minimum Gasteiger partial charge on any atom is -0.486 e. The molecule has 1 amide bonds. The summed E-state index contributed by atoms with van der Waals surface area (Å²) in [5.41, 5.74) is 3.73. The lowest BCUT2D eigenvalue weighted by Gasteiger charge is -2.43. The number of ether oxygens (including phenoxy) is 2. The van der Waals surface area contributed by atoms with Crippen LogP contribution in [0.5, 0.6) is 0 Å². The van der Waals surface area contributed by atoms with Crippen LogP contribution in [0.25, 0.3) is 0 Å². The third kappa shape index (κ3) is 13.3. The minimum absolute atomic E-state index is 0.00227. The molecule has 0 aromatic rings. The highest BCUT2D eigenvalue weighted by atomic mass is 16.5. The Hall–Kier alpha value is -1.59. The molecule has 172 valence electrons. The Kier molecular flexibility index (Phi) is 16.9. The van der Waals surface area contributed by atoms with Crippen LogP contribution in [0.3, 0.4) is 0 Å². The summed E-state index contributed by atoms with van der Waals surface area (Å²) in [5, 5.41) is 3.10. The molecule has 0 fully saturated rings. The minimum atomic E-state index is -0.644. The van der Waals surface area contributed by atoms with Crippen LogP contribution in [0, 0.1) is 5.41 Å². The highest BCUT2D eigenvalue weighted by Crippen LogP contribution is 2.30. The lowest BCUT2D eigenvalue weighted by Crippen LogP contribution is -2.61. The average Bonchev–Trinajstić information content (AvgIpc) is 2.62. The number of allylic oxidation sites excluding steroid dienone is 2. The predicted molar refractivity (Wildman–Crippen MR) is 127 cm³/mol. The predicted octanol–water partition coefficient (Wildman–Crippen LogP) is 5.37. The molecule has 29 heavy (non-hydrogen) atoms. The topological polar surface area (TPSA) is 73.6 Å². The molecule has 3 N–H and O–H groups in total. The molecule has 0 saturated carbocycles. The maximum absolute atomic E-state index is 12.7. The molecule has 1 unspecified atom stereocenters. The molecule has 0 heterocycles. The summed E-state index contributed by atoms with van der Waals surface area (Å²) in [6.07, 6.45) is 3.91. The van der Waals surface area contributed by atoms with Gasteiger partial charge in [-0.3, -0.25) is 4.79 Å². The molecular weight excluding hydrogens is 364 g/mol. The van der Waals surface area contributed by atoms with Crippen molar-refractivity contribution in [3.63, 3.8) is 0 Å². The van der Waals surface area contributed by atoms with Crippen molar-refractivity contribution in [2.75, 3.05) is 13.2 Å². The maximum atomic E-state index is 12.7. The van der Waals surface area contributed by atoms with Crippen LogP contribution in [0.1, 0.15) is 75.7 Å². The molecule has 0 aromatic carbocycles. The zero-order chi connectivity index (χ0) is 23.9. The van der Waals surface area contributed by atoms with E-state index in [-0.39, 0.29) is 12.0 Å². The molecular formula is C24H48N2O3. The van der Waals surface area contributed by atoms with E-state index in [2.05, 4.69) is 25.1 Å². The molecule has 0 aliphatic carbocycles. The van der Waals surface area contributed by atoms with Gasteiger partial charge in [0, 0.05) is 18.6 Å². The molecule has 0 aliphatic heterocycles. The fourth-order valence-electron chi connectivity index (χ4n) is 1.80. The summed E-state index contributed by atoms with van der Waals surface area (Å²) >= 11 is 0. The Labute approximate surface area is 180 Å². The smallest absolute Gasteiger partial charge is 0.226 e. The van der Waals surface area contributed by atoms with E-state index in [1.54, 1.807) is 12.2 Å². The van der Waals surface area contributed by atoms with Crippen LogP contribution in [0.4, 0.5) is 0 Å². The highest BCUT2D eigenvalue weighted by Gasteiger charge is 2.42. The van der Waals surface area contributed by atoms with Crippen molar-refractivity contribution in [1.29, 1.82) is 0 Å². The van der Waals surface area contributed by atoms with Crippen LogP contribution in [0.2, 0.25) is 0 Å². The molecule has 0 aromatic heterocycles. The van der Waals surface area contributed by atoms with Gasteiger partial charge in [-0.15, -0.1) is 6.58 Å². The Bertz CT molecular complexity index is 494. The first-order valence-electron chi connectivity index (χ1n) is 10.4. The first kappa shape index (κ1) is 32.1. The normalized spacial score (nSPS) is 12.2. The van der Waals surface area contributed by atoms with E-state index < -0.39 is 16.6 Å². The van der Waals surface area contributed by atoms with Gasteiger partial charge >= 0.3 is 0 Å². The lowest BCUT2D eigenvalue weighted by atomic mass is 9.82. The van der Waals surface area contributed by atoms with Gasteiger partial charge in [-0.2, -0.15) is 0 Å². The van der Waals surface area contributed by atoms with E-state index in [4.69, 9.17) is 15.2 Å². The van der Waals surface area contributed by atoms with Crippen LogP contribution >= 0.6 is 0 Å². The number of nitrogens with two attached hydrogens (primary N) is 1. The quantitative estimate of drug-likeness (QED) is 0.272. The van der Waals surface area contributed by atoms with Crippen molar-refractivity contribution in [2.45, 2.75) is 92.9 Å². The molecule has 5 heteroatoms. The lowest BCUT2D eigenvalue weighted by molar-refractivity contribution is -0.136. The zero-order valence-corrected chi connectivity index (χ0v) is 20.8. The summed E-state index contributed by atoms with van der Waals surface area (Å²) in [4.78, 5) is 12.7. The van der Waals surface area contributed by atoms with Gasteiger partial charge in [0.05, 0.1) is 11.6 Å². The summed E-state index contributed by atoms with van der Waals surface area (Å²) < 4.78 is 11.4. The first-order valence-corrected chi connectivity index (χ1v) is 10.4. The first-order chi connectivity index (χ1) is 13.2. The third-order valence-electron chi connectivity index (χ3n) is 4.62. The second-order valence-corrected chi connectivity index (χ2v) is 8.32. The molecule has 0 spiro atoms. The van der Waals surface area contributed by atoms with Gasteiger partial charge in [0.25, 0.3) is 0 Å². The van der Waals surface area contributed by atoms with Gasteiger partial charge in [0.2, 0.25) is 5.91 Å². The Morgan fingerprint density at radius 3 is 1.97 bits per heavy atom. The molecule has 0 aliphatic rings.